The molecule has 2 rings (SSSR count). The summed E-state index contributed by atoms with van der Waals surface area (Å²) in [7, 11) is -3.48. The van der Waals surface area contributed by atoms with E-state index >= 15 is 0 Å². The molecule has 19 heavy (non-hydrogen) atoms. The van der Waals surface area contributed by atoms with E-state index in [1.165, 1.54) is 18.3 Å². The number of nitrogens with zero attached hydrogens (tertiary/aromatic N) is 2. The van der Waals surface area contributed by atoms with Gasteiger partial charge in [0.05, 0.1) is 0 Å². The fourth-order valence-corrected chi connectivity index (χ4v) is 4.45. The quantitative estimate of drug-likeness (QED) is 0.896. The standard InChI is InChI=1S/C13H21N3O2S/c1-9-6-10(2)11(3)16(8-9)19(17,18)12-4-5-13(14)15-7-12/h4-5,7,9-11H,6,8H2,1-3H3,(H2,14,15). The lowest BCUT2D eigenvalue weighted by atomic mass is 9.88. The number of anilines is 1. The molecule has 106 valence electrons. The highest BCUT2D eigenvalue weighted by molar-refractivity contribution is 7.89. The van der Waals surface area contributed by atoms with E-state index in [2.05, 4.69) is 18.8 Å². The molecule has 1 aliphatic rings. The number of pyridine rings is 1. The predicted molar refractivity (Wildman–Crippen MR) is 74.9 cm³/mol. The van der Waals surface area contributed by atoms with Gasteiger partial charge in [-0.25, -0.2) is 13.4 Å². The summed E-state index contributed by atoms with van der Waals surface area (Å²) in [5, 5.41) is 0. The Morgan fingerprint density at radius 2 is 2.00 bits per heavy atom. The number of piperidine rings is 1. The second-order valence-corrected chi connectivity index (χ2v) is 7.44. The molecule has 1 fully saturated rings. The van der Waals surface area contributed by atoms with Gasteiger partial charge in [0.1, 0.15) is 10.7 Å². The molecule has 0 spiro atoms. The first-order valence-corrected chi connectivity index (χ1v) is 7.99. The summed E-state index contributed by atoms with van der Waals surface area (Å²) in [5.41, 5.74) is 5.50. The highest BCUT2D eigenvalue weighted by atomic mass is 32.2. The Morgan fingerprint density at radius 3 is 2.58 bits per heavy atom. The molecule has 5 nitrogen and oxygen atoms in total. The Labute approximate surface area is 114 Å². The number of aromatic nitrogens is 1. The van der Waals surface area contributed by atoms with E-state index in [0.717, 1.165) is 6.42 Å². The maximum Gasteiger partial charge on any atom is 0.244 e. The van der Waals surface area contributed by atoms with Gasteiger partial charge in [-0.05, 0) is 37.3 Å². The van der Waals surface area contributed by atoms with Gasteiger partial charge in [0.15, 0.2) is 0 Å². The summed E-state index contributed by atoms with van der Waals surface area (Å²) in [6.07, 6.45) is 2.40. The summed E-state index contributed by atoms with van der Waals surface area (Å²) in [6, 6.07) is 3.06. The van der Waals surface area contributed by atoms with Crippen LogP contribution in [0, 0.1) is 11.8 Å². The fourth-order valence-electron chi connectivity index (χ4n) is 2.66. The van der Waals surface area contributed by atoms with Crippen LogP contribution in [0.1, 0.15) is 27.2 Å². The van der Waals surface area contributed by atoms with Crippen LogP contribution in [0.25, 0.3) is 0 Å². The maximum absolute atomic E-state index is 12.6. The average molecular weight is 283 g/mol. The van der Waals surface area contributed by atoms with Gasteiger partial charge in [-0.15, -0.1) is 0 Å². The van der Waals surface area contributed by atoms with E-state index in [4.69, 9.17) is 5.73 Å². The lowest BCUT2D eigenvalue weighted by Crippen LogP contribution is -2.48. The van der Waals surface area contributed by atoms with Gasteiger partial charge < -0.3 is 5.73 Å². The van der Waals surface area contributed by atoms with Gasteiger partial charge in [-0.1, -0.05) is 13.8 Å². The molecule has 2 N–H and O–H groups in total. The van der Waals surface area contributed by atoms with Crippen LogP contribution in [0.15, 0.2) is 23.2 Å². The van der Waals surface area contributed by atoms with Crippen molar-refractivity contribution < 1.29 is 8.42 Å². The minimum absolute atomic E-state index is 0.0127. The summed E-state index contributed by atoms with van der Waals surface area (Å²) in [6.45, 7) is 6.73. The Hall–Kier alpha value is -1.14. The zero-order valence-electron chi connectivity index (χ0n) is 11.6. The van der Waals surface area contributed by atoms with Crippen LogP contribution in [-0.2, 0) is 10.0 Å². The van der Waals surface area contributed by atoms with E-state index < -0.39 is 10.0 Å². The zero-order valence-corrected chi connectivity index (χ0v) is 12.4. The van der Waals surface area contributed by atoms with Crippen LogP contribution in [0.5, 0.6) is 0 Å². The number of sulfonamides is 1. The first-order valence-electron chi connectivity index (χ1n) is 6.55. The summed E-state index contributed by atoms with van der Waals surface area (Å²) in [5.74, 6) is 1.07. The number of rotatable bonds is 2. The van der Waals surface area contributed by atoms with Crippen molar-refractivity contribution in [3.05, 3.63) is 18.3 Å². The van der Waals surface area contributed by atoms with Gasteiger partial charge in [-0.2, -0.15) is 4.31 Å². The summed E-state index contributed by atoms with van der Waals surface area (Å²) in [4.78, 5) is 4.09. The van der Waals surface area contributed by atoms with E-state index in [-0.39, 0.29) is 10.9 Å². The van der Waals surface area contributed by atoms with Crippen LogP contribution in [0.3, 0.4) is 0 Å². The van der Waals surface area contributed by atoms with Crippen LogP contribution < -0.4 is 5.73 Å². The molecule has 3 atom stereocenters. The number of nitrogen functional groups attached to an aromatic ring is 1. The largest absolute Gasteiger partial charge is 0.384 e. The molecular weight excluding hydrogens is 262 g/mol. The average Bonchev–Trinajstić information content (AvgIpc) is 2.34. The predicted octanol–water partition coefficient (Wildman–Crippen LogP) is 1.72. The monoisotopic (exact) mass is 283 g/mol. The molecule has 0 aliphatic carbocycles. The molecule has 2 heterocycles. The fraction of sp³-hybridized carbons (Fsp3) is 0.615. The van der Waals surface area contributed by atoms with Gasteiger partial charge in [0.25, 0.3) is 0 Å². The van der Waals surface area contributed by atoms with Crippen molar-refractivity contribution in [2.24, 2.45) is 11.8 Å². The van der Waals surface area contributed by atoms with Crippen LogP contribution >= 0.6 is 0 Å². The topological polar surface area (TPSA) is 76.3 Å². The van der Waals surface area contributed by atoms with Crippen molar-refractivity contribution in [2.45, 2.75) is 38.1 Å². The minimum atomic E-state index is -3.48. The lowest BCUT2D eigenvalue weighted by molar-refractivity contribution is 0.157. The second-order valence-electron chi connectivity index (χ2n) is 5.55. The molecule has 0 radical (unpaired) electrons. The van der Waals surface area contributed by atoms with Crippen LogP contribution in [0.4, 0.5) is 5.82 Å². The molecule has 0 saturated carbocycles. The highest BCUT2D eigenvalue weighted by Crippen LogP contribution is 2.31. The molecule has 1 aromatic heterocycles. The van der Waals surface area contributed by atoms with E-state index in [9.17, 15) is 8.42 Å². The SMILES string of the molecule is CC1CC(C)C(C)N(S(=O)(=O)c2ccc(N)nc2)C1. The molecule has 0 amide bonds. The molecule has 0 bridgehead atoms. The third kappa shape index (κ3) is 2.74. The Kier molecular flexibility index (Phi) is 3.82. The van der Waals surface area contributed by atoms with Crippen molar-refractivity contribution in [2.75, 3.05) is 12.3 Å². The van der Waals surface area contributed by atoms with Gasteiger partial charge >= 0.3 is 0 Å². The number of hydrogen-bond donors (Lipinski definition) is 1. The first kappa shape index (κ1) is 14.3. The molecule has 3 unspecified atom stereocenters. The van der Waals surface area contributed by atoms with Gasteiger partial charge in [0.2, 0.25) is 10.0 Å². The number of hydrogen-bond acceptors (Lipinski definition) is 4. The van der Waals surface area contributed by atoms with Crippen molar-refractivity contribution >= 4 is 15.8 Å². The second kappa shape index (κ2) is 5.09. The van der Waals surface area contributed by atoms with Crippen LogP contribution in [-0.4, -0.2) is 30.3 Å². The van der Waals surface area contributed by atoms with Crippen molar-refractivity contribution in [1.29, 1.82) is 0 Å². The molecular formula is C13H21N3O2S. The maximum atomic E-state index is 12.6. The van der Waals surface area contributed by atoms with Crippen molar-refractivity contribution in [1.82, 2.24) is 9.29 Å². The lowest BCUT2D eigenvalue weighted by Gasteiger charge is -2.39. The Morgan fingerprint density at radius 1 is 1.32 bits per heavy atom. The third-order valence-corrected chi connectivity index (χ3v) is 5.85. The summed E-state index contributed by atoms with van der Waals surface area (Å²) >= 11 is 0. The number of nitrogens with two attached hydrogens (primary N) is 1. The third-order valence-electron chi connectivity index (χ3n) is 3.91. The molecule has 6 heteroatoms. The molecule has 1 aliphatic heterocycles. The zero-order chi connectivity index (χ0) is 14.2. The van der Waals surface area contributed by atoms with Crippen molar-refractivity contribution in [3.63, 3.8) is 0 Å². The Bertz CT molecular complexity index is 542. The van der Waals surface area contributed by atoms with Gasteiger partial charge in [-0.3, -0.25) is 0 Å². The smallest absolute Gasteiger partial charge is 0.244 e. The molecule has 1 aromatic rings. The van der Waals surface area contributed by atoms with Crippen LogP contribution in [0.2, 0.25) is 0 Å². The Balaban J connectivity index is 2.35. The van der Waals surface area contributed by atoms with E-state index in [0.29, 0.717) is 24.2 Å². The normalized spacial score (nSPS) is 29.3. The highest BCUT2D eigenvalue weighted by Gasteiger charge is 2.37. The van der Waals surface area contributed by atoms with Gasteiger partial charge in [0, 0.05) is 18.8 Å². The molecule has 1 saturated heterocycles. The van der Waals surface area contributed by atoms with Crippen molar-refractivity contribution in [3.8, 4) is 0 Å². The minimum Gasteiger partial charge on any atom is -0.384 e. The first-order chi connectivity index (χ1) is 8.82. The van der Waals surface area contributed by atoms with E-state index in [1.807, 2.05) is 6.92 Å². The van der Waals surface area contributed by atoms with E-state index in [1.54, 1.807) is 4.31 Å². The molecule has 0 aromatic carbocycles. The summed E-state index contributed by atoms with van der Waals surface area (Å²) < 4.78 is 26.9.